The van der Waals surface area contributed by atoms with Crippen molar-refractivity contribution in [3.05, 3.63) is 48.5 Å². The normalized spacial score (nSPS) is 19.2. The quantitative estimate of drug-likeness (QED) is 0.816. The zero-order chi connectivity index (χ0) is 16.8. The largest absolute Gasteiger partial charge is 0.376 e. The summed E-state index contributed by atoms with van der Waals surface area (Å²) < 4.78 is 7.57. The van der Waals surface area contributed by atoms with Gasteiger partial charge in [-0.1, -0.05) is 37.3 Å². The van der Waals surface area contributed by atoms with Crippen LogP contribution in [0.1, 0.15) is 31.4 Å². The maximum absolute atomic E-state index is 12.7. The Labute approximate surface area is 142 Å². The van der Waals surface area contributed by atoms with Crippen molar-refractivity contribution >= 4 is 5.91 Å². The van der Waals surface area contributed by atoms with Crippen LogP contribution in [0.2, 0.25) is 0 Å². The lowest BCUT2D eigenvalue weighted by atomic mass is 10.0. The minimum Gasteiger partial charge on any atom is -0.376 e. The molecular formula is C18H24N4O2. The number of benzene rings is 1. The lowest BCUT2D eigenvalue weighted by Crippen LogP contribution is -2.44. The first-order chi connectivity index (χ1) is 11.7. The van der Waals surface area contributed by atoms with Gasteiger partial charge in [0.2, 0.25) is 5.91 Å². The van der Waals surface area contributed by atoms with Crippen molar-refractivity contribution in [3.63, 3.8) is 0 Å². The number of rotatable bonds is 6. The van der Waals surface area contributed by atoms with Crippen LogP contribution in [0.5, 0.6) is 0 Å². The fourth-order valence-corrected chi connectivity index (χ4v) is 3.09. The van der Waals surface area contributed by atoms with Crippen LogP contribution in [0.4, 0.5) is 0 Å². The summed E-state index contributed by atoms with van der Waals surface area (Å²) in [4.78, 5) is 18.6. The first-order valence-electron chi connectivity index (χ1n) is 8.48. The van der Waals surface area contributed by atoms with E-state index in [2.05, 4.69) is 10.1 Å². The van der Waals surface area contributed by atoms with Crippen molar-refractivity contribution < 1.29 is 9.53 Å². The fraction of sp³-hybridized carbons (Fsp3) is 0.500. The molecule has 128 valence electrons. The molecule has 2 atom stereocenters. The average molecular weight is 328 g/mol. The molecule has 0 spiro atoms. The Morgan fingerprint density at radius 3 is 2.96 bits per heavy atom. The summed E-state index contributed by atoms with van der Waals surface area (Å²) in [5.41, 5.74) is 1.13. The third-order valence-electron chi connectivity index (χ3n) is 4.42. The van der Waals surface area contributed by atoms with Gasteiger partial charge in [0.1, 0.15) is 12.7 Å². The van der Waals surface area contributed by atoms with Crippen LogP contribution in [-0.4, -0.2) is 45.3 Å². The number of amides is 1. The average Bonchev–Trinajstić information content (AvgIpc) is 3.17. The van der Waals surface area contributed by atoms with E-state index in [0.29, 0.717) is 19.8 Å². The number of aromatic nitrogens is 3. The van der Waals surface area contributed by atoms with Crippen LogP contribution in [0, 0.1) is 5.92 Å². The first-order valence-corrected chi connectivity index (χ1v) is 8.48. The smallest absolute Gasteiger partial charge is 0.227 e. The predicted molar refractivity (Wildman–Crippen MR) is 90.1 cm³/mol. The monoisotopic (exact) mass is 328 g/mol. The molecule has 24 heavy (non-hydrogen) atoms. The van der Waals surface area contributed by atoms with Crippen molar-refractivity contribution in [2.45, 2.75) is 32.4 Å². The Balaban J connectivity index is 1.48. The van der Waals surface area contributed by atoms with E-state index in [1.165, 1.54) is 0 Å². The molecule has 0 saturated carbocycles. The van der Waals surface area contributed by atoms with Crippen molar-refractivity contribution in [2.75, 3.05) is 19.7 Å². The van der Waals surface area contributed by atoms with E-state index >= 15 is 0 Å². The van der Waals surface area contributed by atoms with Gasteiger partial charge in [-0.25, -0.2) is 9.67 Å². The number of hydrogen-bond acceptors (Lipinski definition) is 4. The minimum absolute atomic E-state index is 0.136. The highest BCUT2D eigenvalue weighted by Crippen LogP contribution is 2.21. The standard InChI is InChI=1S/C18H24N4O2/c1-15(11-24-12-16-6-3-2-4-7-16)18(23)21-9-5-8-17(10-21)22-14-19-13-20-22/h2-4,6-7,13-15,17H,5,8-12H2,1H3/t15-,17+/m0/s1. The molecule has 0 aliphatic carbocycles. The second-order valence-electron chi connectivity index (χ2n) is 6.36. The first kappa shape index (κ1) is 16.6. The summed E-state index contributed by atoms with van der Waals surface area (Å²) in [6.45, 7) is 4.43. The second kappa shape index (κ2) is 8.06. The van der Waals surface area contributed by atoms with Crippen LogP contribution >= 0.6 is 0 Å². The van der Waals surface area contributed by atoms with E-state index < -0.39 is 0 Å². The molecule has 0 unspecified atom stereocenters. The lowest BCUT2D eigenvalue weighted by Gasteiger charge is -2.34. The Hall–Kier alpha value is -2.21. The molecule has 1 aromatic heterocycles. The van der Waals surface area contributed by atoms with Gasteiger partial charge >= 0.3 is 0 Å². The van der Waals surface area contributed by atoms with Crippen molar-refractivity contribution in [1.82, 2.24) is 19.7 Å². The highest BCUT2D eigenvalue weighted by molar-refractivity contribution is 5.78. The maximum atomic E-state index is 12.7. The van der Waals surface area contributed by atoms with Gasteiger partial charge in [0.15, 0.2) is 0 Å². The van der Waals surface area contributed by atoms with E-state index in [9.17, 15) is 4.79 Å². The van der Waals surface area contributed by atoms with E-state index in [4.69, 9.17) is 4.74 Å². The summed E-state index contributed by atoms with van der Waals surface area (Å²) >= 11 is 0. The summed E-state index contributed by atoms with van der Waals surface area (Å²) in [7, 11) is 0. The predicted octanol–water partition coefficient (Wildman–Crippen LogP) is 2.29. The molecule has 1 aliphatic rings. The molecule has 1 aromatic carbocycles. The molecular weight excluding hydrogens is 304 g/mol. The molecule has 6 heteroatoms. The number of hydrogen-bond donors (Lipinski definition) is 0. The Morgan fingerprint density at radius 1 is 1.38 bits per heavy atom. The molecule has 1 amide bonds. The third-order valence-corrected chi connectivity index (χ3v) is 4.42. The van der Waals surface area contributed by atoms with Gasteiger partial charge in [-0.3, -0.25) is 4.79 Å². The third kappa shape index (κ3) is 4.20. The second-order valence-corrected chi connectivity index (χ2v) is 6.36. The highest BCUT2D eigenvalue weighted by atomic mass is 16.5. The maximum Gasteiger partial charge on any atom is 0.227 e. The highest BCUT2D eigenvalue weighted by Gasteiger charge is 2.28. The molecule has 0 bridgehead atoms. The summed E-state index contributed by atoms with van der Waals surface area (Å²) in [5, 5.41) is 4.20. The van der Waals surface area contributed by atoms with Crippen molar-refractivity contribution in [2.24, 2.45) is 5.92 Å². The van der Waals surface area contributed by atoms with Crippen LogP contribution in [-0.2, 0) is 16.1 Å². The number of nitrogens with zero attached hydrogens (tertiary/aromatic N) is 4. The van der Waals surface area contributed by atoms with E-state index in [0.717, 1.165) is 24.9 Å². The van der Waals surface area contributed by atoms with Crippen LogP contribution in [0.3, 0.4) is 0 Å². The van der Waals surface area contributed by atoms with Gasteiger partial charge in [0, 0.05) is 13.1 Å². The summed E-state index contributed by atoms with van der Waals surface area (Å²) in [5.74, 6) is 0.0242. The number of ether oxygens (including phenoxy) is 1. The molecule has 0 N–H and O–H groups in total. The lowest BCUT2D eigenvalue weighted by molar-refractivity contribution is -0.138. The summed E-state index contributed by atoms with van der Waals surface area (Å²) in [6.07, 6.45) is 5.30. The van der Waals surface area contributed by atoms with Gasteiger partial charge in [-0.2, -0.15) is 5.10 Å². The molecule has 2 heterocycles. The minimum atomic E-state index is -0.136. The van der Waals surface area contributed by atoms with Gasteiger partial charge in [0.25, 0.3) is 0 Å². The van der Waals surface area contributed by atoms with Gasteiger partial charge in [0.05, 0.1) is 25.2 Å². The molecule has 1 aliphatic heterocycles. The SMILES string of the molecule is C[C@@H](COCc1ccccc1)C(=O)N1CCC[C@@H](n2cncn2)C1. The fourth-order valence-electron chi connectivity index (χ4n) is 3.09. The van der Waals surface area contributed by atoms with E-state index in [-0.39, 0.29) is 17.9 Å². The van der Waals surface area contributed by atoms with Crippen molar-refractivity contribution in [3.8, 4) is 0 Å². The topological polar surface area (TPSA) is 60.2 Å². The molecule has 1 fully saturated rings. The zero-order valence-corrected chi connectivity index (χ0v) is 14.0. The Morgan fingerprint density at radius 2 is 2.21 bits per heavy atom. The Kier molecular flexibility index (Phi) is 5.59. The van der Waals surface area contributed by atoms with Crippen molar-refractivity contribution in [1.29, 1.82) is 0 Å². The van der Waals surface area contributed by atoms with Gasteiger partial charge in [-0.05, 0) is 18.4 Å². The zero-order valence-electron chi connectivity index (χ0n) is 14.0. The molecule has 3 rings (SSSR count). The van der Waals surface area contributed by atoms with Crippen LogP contribution < -0.4 is 0 Å². The van der Waals surface area contributed by atoms with E-state index in [1.807, 2.05) is 46.8 Å². The van der Waals surface area contributed by atoms with Gasteiger partial charge in [-0.15, -0.1) is 0 Å². The Bertz CT molecular complexity index is 630. The molecule has 0 radical (unpaired) electrons. The van der Waals surface area contributed by atoms with Gasteiger partial charge < -0.3 is 9.64 Å². The number of likely N-dealkylation sites (tertiary alicyclic amines) is 1. The number of carbonyl (C=O) groups is 1. The van der Waals surface area contributed by atoms with E-state index in [1.54, 1.807) is 12.7 Å². The van der Waals surface area contributed by atoms with Crippen LogP contribution in [0.25, 0.3) is 0 Å². The molecule has 2 aromatic rings. The summed E-state index contributed by atoms with van der Waals surface area (Å²) in [6, 6.07) is 10.2. The number of carbonyl (C=O) groups excluding carboxylic acids is 1. The number of piperidine rings is 1. The molecule has 1 saturated heterocycles. The van der Waals surface area contributed by atoms with Crippen LogP contribution in [0.15, 0.2) is 43.0 Å². The molecule has 6 nitrogen and oxygen atoms in total.